The van der Waals surface area contributed by atoms with Gasteiger partial charge in [0.25, 0.3) is 10.0 Å². The summed E-state index contributed by atoms with van der Waals surface area (Å²) in [7, 11) is -2.47. The lowest BCUT2D eigenvalue weighted by atomic mass is 10.3. The molecule has 5 nitrogen and oxygen atoms in total. The highest BCUT2D eigenvalue weighted by Crippen LogP contribution is 2.27. The maximum Gasteiger partial charge on any atom is 0.262 e. The van der Waals surface area contributed by atoms with Gasteiger partial charge in [0.1, 0.15) is 11.6 Å². The number of benzene rings is 2. The Morgan fingerprint density at radius 2 is 1.95 bits per heavy atom. The molecule has 0 bridgehead atoms. The van der Waals surface area contributed by atoms with E-state index in [9.17, 15) is 12.8 Å². The van der Waals surface area contributed by atoms with Crippen LogP contribution in [0.1, 0.15) is 0 Å². The zero-order chi connectivity index (χ0) is 15.6. The van der Waals surface area contributed by atoms with Crippen molar-refractivity contribution in [1.82, 2.24) is 0 Å². The zero-order valence-electron chi connectivity index (χ0n) is 10.9. The van der Waals surface area contributed by atoms with Crippen molar-refractivity contribution in [3.63, 3.8) is 0 Å². The third-order valence-corrected chi connectivity index (χ3v) is 4.36. The van der Waals surface area contributed by atoms with Gasteiger partial charge in [0.15, 0.2) is 0 Å². The molecule has 0 radical (unpaired) electrons. The van der Waals surface area contributed by atoms with Gasteiger partial charge >= 0.3 is 0 Å². The Labute approximate surface area is 126 Å². The van der Waals surface area contributed by atoms with Crippen molar-refractivity contribution in [2.45, 2.75) is 4.90 Å². The van der Waals surface area contributed by atoms with Gasteiger partial charge in [0, 0.05) is 6.07 Å². The maximum atomic E-state index is 13.1. The molecule has 0 atom stereocenters. The van der Waals surface area contributed by atoms with E-state index in [1.807, 2.05) is 0 Å². The third-order valence-electron chi connectivity index (χ3n) is 2.69. The van der Waals surface area contributed by atoms with Crippen LogP contribution >= 0.6 is 11.6 Å². The second-order valence-electron chi connectivity index (χ2n) is 4.14. The summed E-state index contributed by atoms with van der Waals surface area (Å²) < 4.78 is 44.8. The molecular weight excluding hydrogens is 319 g/mol. The lowest BCUT2D eigenvalue weighted by molar-refractivity contribution is 0.415. The zero-order valence-corrected chi connectivity index (χ0v) is 12.5. The first-order chi connectivity index (χ1) is 9.83. The van der Waals surface area contributed by atoms with Crippen LogP contribution in [-0.2, 0) is 10.0 Å². The van der Waals surface area contributed by atoms with Gasteiger partial charge in [0.2, 0.25) is 0 Å². The normalized spacial score (nSPS) is 11.2. The highest BCUT2D eigenvalue weighted by Gasteiger charge is 2.16. The first-order valence-electron chi connectivity index (χ1n) is 5.75. The van der Waals surface area contributed by atoms with E-state index in [1.54, 1.807) is 0 Å². The van der Waals surface area contributed by atoms with Crippen LogP contribution in [0.3, 0.4) is 0 Å². The summed E-state index contributed by atoms with van der Waals surface area (Å²) in [6.07, 6.45) is 0. The first-order valence-corrected chi connectivity index (χ1v) is 7.61. The van der Waals surface area contributed by atoms with Gasteiger partial charge in [-0.2, -0.15) is 0 Å². The molecule has 0 fully saturated rings. The molecule has 0 unspecified atom stereocenters. The predicted octanol–water partition coefficient (Wildman–Crippen LogP) is 2.87. The van der Waals surface area contributed by atoms with E-state index in [2.05, 4.69) is 4.72 Å². The van der Waals surface area contributed by atoms with Crippen molar-refractivity contribution >= 4 is 33.0 Å². The number of nitrogens with one attached hydrogen (secondary N) is 1. The van der Waals surface area contributed by atoms with Crippen LogP contribution in [0.25, 0.3) is 0 Å². The number of rotatable bonds is 4. The van der Waals surface area contributed by atoms with Crippen molar-refractivity contribution in [3.8, 4) is 5.75 Å². The Kier molecular flexibility index (Phi) is 4.24. The van der Waals surface area contributed by atoms with Gasteiger partial charge in [-0.15, -0.1) is 0 Å². The summed E-state index contributed by atoms with van der Waals surface area (Å²) in [5.41, 5.74) is 6.10. The summed E-state index contributed by atoms with van der Waals surface area (Å²) in [5, 5.41) is -0.176. The minimum absolute atomic E-state index is 0.0333. The van der Waals surface area contributed by atoms with Gasteiger partial charge in [-0.25, -0.2) is 12.8 Å². The van der Waals surface area contributed by atoms with Crippen LogP contribution in [0.2, 0.25) is 5.02 Å². The van der Waals surface area contributed by atoms with Crippen LogP contribution in [0.4, 0.5) is 15.8 Å². The monoisotopic (exact) mass is 330 g/mol. The molecule has 2 aromatic carbocycles. The molecule has 0 spiro atoms. The van der Waals surface area contributed by atoms with Crippen LogP contribution in [0, 0.1) is 5.82 Å². The average molecular weight is 331 g/mol. The summed E-state index contributed by atoms with van der Waals surface area (Å²) in [6, 6.07) is 7.58. The van der Waals surface area contributed by atoms with E-state index in [-0.39, 0.29) is 21.4 Å². The Bertz CT molecular complexity index is 781. The molecule has 8 heteroatoms. The van der Waals surface area contributed by atoms with Crippen LogP contribution in [-0.4, -0.2) is 15.5 Å². The van der Waals surface area contributed by atoms with Gasteiger partial charge in [-0.1, -0.05) is 11.6 Å². The Morgan fingerprint density at radius 3 is 2.57 bits per heavy atom. The number of ether oxygens (including phenoxy) is 1. The van der Waals surface area contributed by atoms with Gasteiger partial charge in [-0.3, -0.25) is 4.72 Å². The summed E-state index contributed by atoms with van der Waals surface area (Å²) >= 11 is 5.61. The minimum atomic E-state index is -3.86. The molecule has 0 aliphatic carbocycles. The topological polar surface area (TPSA) is 81.4 Å². The Balaban J connectivity index is 2.35. The summed E-state index contributed by atoms with van der Waals surface area (Å²) in [5.74, 6) is -0.385. The number of hydrogen-bond donors (Lipinski definition) is 2. The number of sulfonamides is 1. The fraction of sp³-hybridized carbons (Fsp3) is 0.0769. The molecule has 0 aliphatic rings. The molecular formula is C13H12ClFN2O3S. The molecule has 0 amide bonds. The number of methoxy groups -OCH3 is 1. The van der Waals surface area contributed by atoms with Crippen molar-refractivity contribution < 1.29 is 17.5 Å². The third kappa shape index (κ3) is 3.37. The standard InChI is InChI=1S/C13H12ClFN2O3S/c1-20-13-7-9(3-5-12(13)16)21(18,19)17-8-2-4-11(15)10(14)6-8/h2-7,17H,16H2,1H3. The number of nitrogen functional groups attached to an aromatic ring is 1. The molecule has 0 aliphatic heterocycles. The molecule has 0 saturated heterocycles. The molecule has 0 heterocycles. The highest BCUT2D eigenvalue weighted by atomic mass is 35.5. The maximum absolute atomic E-state index is 13.1. The average Bonchev–Trinajstić information content (AvgIpc) is 2.43. The molecule has 3 N–H and O–H groups in total. The fourth-order valence-corrected chi connectivity index (χ4v) is 2.88. The van der Waals surface area contributed by atoms with E-state index in [0.29, 0.717) is 5.69 Å². The second-order valence-corrected chi connectivity index (χ2v) is 6.23. The lowest BCUT2D eigenvalue weighted by Crippen LogP contribution is -2.13. The van der Waals surface area contributed by atoms with E-state index in [4.69, 9.17) is 22.1 Å². The number of hydrogen-bond acceptors (Lipinski definition) is 4. The SMILES string of the molecule is COc1cc(S(=O)(=O)Nc2ccc(F)c(Cl)c2)ccc1N. The minimum Gasteiger partial charge on any atom is -0.495 e. The smallest absolute Gasteiger partial charge is 0.262 e. The summed E-state index contributed by atoms with van der Waals surface area (Å²) in [4.78, 5) is -0.0333. The number of nitrogens with two attached hydrogens (primary N) is 1. The lowest BCUT2D eigenvalue weighted by Gasteiger charge is -2.11. The Morgan fingerprint density at radius 1 is 1.24 bits per heavy atom. The van der Waals surface area contributed by atoms with Crippen LogP contribution in [0.5, 0.6) is 5.75 Å². The van der Waals surface area contributed by atoms with Gasteiger partial charge in [0.05, 0.1) is 28.4 Å². The predicted molar refractivity (Wildman–Crippen MR) is 79.6 cm³/mol. The molecule has 21 heavy (non-hydrogen) atoms. The van der Waals surface area contributed by atoms with Crippen LogP contribution < -0.4 is 15.2 Å². The van der Waals surface area contributed by atoms with E-state index < -0.39 is 15.8 Å². The summed E-state index contributed by atoms with van der Waals surface area (Å²) in [6.45, 7) is 0. The van der Waals surface area contributed by atoms with Crippen molar-refractivity contribution in [2.75, 3.05) is 17.6 Å². The second kappa shape index (κ2) is 5.79. The molecule has 2 rings (SSSR count). The van der Waals surface area contributed by atoms with Crippen molar-refractivity contribution in [1.29, 1.82) is 0 Å². The van der Waals surface area contributed by atoms with Gasteiger partial charge < -0.3 is 10.5 Å². The van der Waals surface area contributed by atoms with Crippen molar-refractivity contribution in [2.24, 2.45) is 0 Å². The van der Waals surface area contributed by atoms with E-state index >= 15 is 0 Å². The Hall–Kier alpha value is -1.99. The number of halogens is 2. The first kappa shape index (κ1) is 15.4. The van der Waals surface area contributed by atoms with E-state index in [0.717, 1.165) is 6.07 Å². The highest BCUT2D eigenvalue weighted by molar-refractivity contribution is 7.92. The molecule has 2 aromatic rings. The molecule has 112 valence electrons. The molecule has 0 saturated carbocycles. The fourth-order valence-electron chi connectivity index (χ4n) is 1.63. The number of anilines is 2. The quantitative estimate of drug-likeness (QED) is 0.845. The van der Waals surface area contributed by atoms with E-state index in [1.165, 1.54) is 37.4 Å². The largest absolute Gasteiger partial charge is 0.495 e. The van der Waals surface area contributed by atoms with Crippen LogP contribution in [0.15, 0.2) is 41.3 Å². The van der Waals surface area contributed by atoms with Gasteiger partial charge in [-0.05, 0) is 30.3 Å². The van der Waals surface area contributed by atoms with Crippen molar-refractivity contribution in [3.05, 3.63) is 47.2 Å². The molecule has 0 aromatic heterocycles.